The maximum Gasteiger partial charge on any atom is 0.309 e. The molecule has 228 valence electrons. The van der Waals surface area contributed by atoms with Crippen LogP contribution in [0.1, 0.15) is 108 Å². The zero-order valence-corrected chi connectivity index (χ0v) is 26.8. The van der Waals surface area contributed by atoms with Crippen molar-refractivity contribution in [2.45, 2.75) is 97.8 Å². The fourth-order valence-corrected chi connectivity index (χ4v) is 10.8. The first-order chi connectivity index (χ1) is 20.1. The number of hydrogen-bond acceptors (Lipinski definition) is 3. The highest BCUT2D eigenvalue weighted by Crippen LogP contribution is 2.75. The summed E-state index contributed by atoms with van der Waals surface area (Å²) in [4.78, 5) is 12.6. The summed E-state index contributed by atoms with van der Waals surface area (Å²) in [5.74, 6) is -0.488. The first-order valence-corrected chi connectivity index (χ1v) is 16.2. The van der Waals surface area contributed by atoms with Gasteiger partial charge in [0, 0.05) is 35.5 Å². The van der Waals surface area contributed by atoms with Gasteiger partial charge in [-0.1, -0.05) is 57.5 Å². The number of aliphatic carboxylic acids is 1. The Bertz CT molecular complexity index is 1730. The Labute approximate surface area is 255 Å². The van der Waals surface area contributed by atoms with Crippen LogP contribution in [0.5, 0.6) is 11.5 Å². The number of fused-ring (bicyclic) bond motifs is 8. The van der Waals surface area contributed by atoms with Crippen molar-refractivity contribution in [2.24, 2.45) is 34.6 Å². The van der Waals surface area contributed by atoms with E-state index in [0.29, 0.717) is 5.92 Å². The molecule has 0 radical (unpaired) electrons. The number of rotatable bonds is 2. The third kappa shape index (κ3) is 3.48. The van der Waals surface area contributed by atoms with Crippen molar-refractivity contribution in [3.8, 4) is 11.5 Å². The molecule has 0 amide bonds. The molecule has 0 spiro atoms. The first kappa shape index (κ1) is 28.6. The van der Waals surface area contributed by atoms with Crippen molar-refractivity contribution in [1.29, 1.82) is 0 Å². The van der Waals surface area contributed by atoms with E-state index in [4.69, 9.17) is 0 Å². The molecule has 5 heteroatoms. The Morgan fingerprint density at radius 3 is 2.37 bits per heavy atom. The monoisotopic (exact) mass is 581 g/mol. The number of allylic oxidation sites excluding steroid dienone is 2. The molecule has 4 aliphatic rings. The van der Waals surface area contributed by atoms with Gasteiger partial charge < -0.3 is 19.9 Å². The molecule has 3 aromatic rings. The normalized spacial score (nSPS) is 38.4. The molecule has 0 bridgehead atoms. The lowest BCUT2D eigenvalue weighted by molar-refractivity contribution is -0.177. The maximum atomic E-state index is 12.6. The Morgan fingerprint density at radius 2 is 1.65 bits per heavy atom. The van der Waals surface area contributed by atoms with E-state index in [1.807, 2.05) is 19.9 Å². The number of phenolic OH excluding ortho intramolecular Hbond substituents is 2. The number of carboxylic acids is 1. The quantitative estimate of drug-likeness (QED) is 0.209. The number of benzene rings is 2. The molecule has 2 aromatic carbocycles. The minimum atomic E-state index is -0.689. The lowest BCUT2D eigenvalue weighted by atomic mass is 9.34. The fourth-order valence-electron chi connectivity index (χ4n) is 10.8. The van der Waals surface area contributed by atoms with Crippen LogP contribution in [0.3, 0.4) is 0 Å². The standard InChI is InChI=1S/C38H47NO4/c1-22-31-24(25-21-39(7)27-11-9-8-10-23(25)27)18-29-36(4,26(31)19-28(40)32(22)41)15-17-38(6)30-20-35(3,33(42)43)13-12-34(30,2)14-16-37(29,38)5/h8-11,18-19,21,24,30,40-41H,12-17,20H2,1-7H3,(H,42,43)/t24-,30+,34+,35+,36-,37+,38-/m0/s1. The molecule has 1 heterocycles. The molecule has 7 atom stereocenters. The zero-order chi connectivity index (χ0) is 30.9. The molecule has 0 saturated heterocycles. The molecule has 7 rings (SSSR count). The lowest BCUT2D eigenvalue weighted by Gasteiger charge is -2.70. The molecule has 0 unspecified atom stereocenters. The van der Waals surface area contributed by atoms with Gasteiger partial charge in [0.1, 0.15) is 0 Å². The fraction of sp³-hybridized carbons (Fsp3) is 0.553. The van der Waals surface area contributed by atoms with Crippen LogP contribution in [-0.4, -0.2) is 25.9 Å². The third-order valence-electron chi connectivity index (χ3n) is 13.9. The summed E-state index contributed by atoms with van der Waals surface area (Å²) in [7, 11) is 2.09. The van der Waals surface area contributed by atoms with Gasteiger partial charge in [-0.05, 0) is 115 Å². The summed E-state index contributed by atoms with van der Waals surface area (Å²) in [6.45, 7) is 13.7. The van der Waals surface area contributed by atoms with Gasteiger partial charge in [0.25, 0.3) is 0 Å². The van der Waals surface area contributed by atoms with E-state index in [0.717, 1.165) is 61.6 Å². The first-order valence-electron chi connectivity index (χ1n) is 16.2. The highest BCUT2D eigenvalue weighted by Gasteiger charge is 2.67. The second-order valence-corrected chi connectivity index (χ2v) is 16.0. The van der Waals surface area contributed by atoms with Crippen LogP contribution >= 0.6 is 0 Å². The van der Waals surface area contributed by atoms with Crippen molar-refractivity contribution in [1.82, 2.24) is 4.57 Å². The molecule has 1 aromatic heterocycles. The van der Waals surface area contributed by atoms with Crippen LogP contribution in [-0.2, 0) is 17.3 Å². The van der Waals surface area contributed by atoms with Crippen LogP contribution in [0.4, 0.5) is 0 Å². The molecule has 3 N–H and O–H groups in total. The molecule has 4 aliphatic carbocycles. The van der Waals surface area contributed by atoms with Crippen LogP contribution in [0, 0.1) is 34.5 Å². The molecule has 3 saturated carbocycles. The number of phenols is 2. The van der Waals surface area contributed by atoms with Crippen molar-refractivity contribution in [2.75, 3.05) is 0 Å². The SMILES string of the molecule is Cc1c(O)c(O)cc2c1[C@H](c1cn(C)c3ccccc13)C=C1[C@@]2(C)CC[C@@]2(C)[C@@H]3C[C@](C)(C(=O)O)CC[C@]3(C)CC[C@]12C. The molecular weight excluding hydrogens is 534 g/mol. The van der Waals surface area contributed by atoms with E-state index in [1.54, 1.807) is 0 Å². The summed E-state index contributed by atoms with van der Waals surface area (Å²) in [6, 6.07) is 10.4. The molecular formula is C38H47NO4. The van der Waals surface area contributed by atoms with Crippen LogP contribution in [0.15, 0.2) is 48.2 Å². The number of para-hydroxylation sites is 1. The van der Waals surface area contributed by atoms with Gasteiger partial charge >= 0.3 is 5.97 Å². The average Bonchev–Trinajstić information content (AvgIpc) is 3.30. The highest BCUT2D eigenvalue weighted by molar-refractivity contribution is 5.86. The summed E-state index contributed by atoms with van der Waals surface area (Å²) in [5, 5.41) is 33.6. The second-order valence-electron chi connectivity index (χ2n) is 16.0. The van der Waals surface area contributed by atoms with Gasteiger partial charge in [0.2, 0.25) is 0 Å². The number of nitrogens with zero attached hydrogens (tertiary/aromatic N) is 1. The summed E-state index contributed by atoms with van der Waals surface area (Å²) < 4.78 is 2.19. The van der Waals surface area contributed by atoms with E-state index in [-0.39, 0.29) is 39.1 Å². The average molecular weight is 582 g/mol. The summed E-state index contributed by atoms with van der Waals surface area (Å²) in [6.07, 6.45) is 11.3. The van der Waals surface area contributed by atoms with E-state index < -0.39 is 11.4 Å². The second kappa shape index (κ2) is 8.70. The molecule has 5 nitrogen and oxygen atoms in total. The van der Waals surface area contributed by atoms with Crippen molar-refractivity contribution >= 4 is 16.9 Å². The zero-order valence-electron chi connectivity index (χ0n) is 26.8. The number of aromatic nitrogens is 1. The van der Waals surface area contributed by atoms with E-state index in [2.05, 4.69) is 75.8 Å². The van der Waals surface area contributed by atoms with Crippen LogP contribution in [0.25, 0.3) is 10.9 Å². The van der Waals surface area contributed by atoms with Crippen LogP contribution in [0.2, 0.25) is 0 Å². The number of carbonyl (C=O) groups is 1. The maximum absolute atomic E-state index is 12.6. The van der Waals surface area contributed by atoms with Crippen LogP contribution < -0.4 is 0 Å². The topological polar surface area (TPSA) is 82.7 Å². The minimum Gasteiger partial charge on any atom is -0.504 e. The molecule has 43 heavy (non-hydrogen) atoms. The molecule has 3 fully saturated rings. The smallest absolute Gasteiger partial charge is 0.309 e. The lowest BCUT2D eigenvalue weighted by Crippen LogP contribution is -2.62. The predicted molar refractivity (Wildman–Crippen MR) is 171 cm³/mol. The Kier molecular flexibility index (Phi) is 5.78. The third-order valence-corrected chi connectivity index (χ3v) is 13.9. The van der Waals surface area contributed by atoms with E-state index in [9.17, 15) is 20.1 Å². The van der Waals surface area contributed by atoms with Gasteiger partial charge in [0.15, 0.2) is 11.5 Å². The Hall–Kier alpha value is -3.21. The number of hydrogen-bond donors (Lipinski definition) is 3. The van der Waals surface area contributed by atoms with Gasteiger partial charge in [0.05, 0.1) is 5.41 Å². The summed E-state index contributed by atoms with van der Waals surface area (Å²) >= 11 is 0. The van der Waals surface area contributed by atoms with Gasteiger partial charge in [-0.25, -0.2) is 0 Å². The molecule has 0 aliphatic heterocycles. The Morgan fingerprint density at radius 1 is 0.953 bits per heavy atom. The predicted octanol–water partition coefficient (Wildman–Crippen LogP) is 8.73. The summed E-state index contributed by atoms with van der Waals surface area (Å²) in [5.41, 5.74) is 5.79. The van der Waals surface area contributed by atoms with Gasteiger partial charge in [-0.2, -0.15) is 0 Å². The number of aryl methyl sites for hydroxylation is 1. The van der Waals surface area contributed by atoms with Gasteiger partial charge in [-0.3, -0.25) is 4.79 Å². The number of aromatic hydroxyl groups is 2. The van der Waals surface area contributed by atoms with Crippen molar-refractivity contribution in [3.05, 3.63) is 70.4 Å². The van der Waals surface area contributed by atoms with Gasteiger partial charge in [-0.15, -0.1) is 0 Å². The van der Waals surface area contributed by atoms with E-state index in [1.165, 1.54) is 22.0 Å². The number of carboxylic acid groups (broad SMARTS) is 1. The Balaban J connectivity index is 1.48. The minimum absolute atomic E-state index is 0.0279. The largest absolute Gasteiger partial charge is 0.504 e. The highest BCUT2D eigenvalue weighted by atomic mass is 16.4. The van der Waals surface area contributed by atoms with Crippen molar-refractivity contribution < 1.29 is 20.1 Å². The van der Waals surface area contributed by atoms with Crippen molar-refractivity contribution in [3.63, 3.8) is 0 Å². The van der Waals surface area contributed by atoms with E-state index >= 15 is 0 Å².